The first-order valence-corrected chi connectivity index (χ1v) is 11.8. The Labute approximate surface area is 197 Å². The number of nitrogens with zero attached hydrogens (tertiary/aromatic N) is 3. The average Bonchev–Trinajstić information content (AvgIpc) is 2.85. The molecule has 1 aliphatic rings. The van der Waals surface area contributed by atoms with Crippen molar-refractivity contribution in [3.05, 3.63) is 60.2 Å². The minimum absolute atomic E-state index is 0.584. The number of hydrogen-bond donors (Lipinski definition) is 2. The lowest BCUT2D eigenvalue weighted by atomic mass is 9.86. The molecule has 0 saturated heterocycles. The van der Waals surface area contributed by atoms with Gasteiger partial charge in [-0.15, -0.1) is 0 Å². The van der Waals surface area contributed by atoms with Crippen molar-refractivity contribution in [3.8, 4) is 5.75 Å². The third kappa shape index (κ3) is 6.02. The lowest BCUT2D eigenvalue weighted by Crippen LogP contribution is -2.34. The predicted octanol–water partition coefficient (Wildman–Crippen LogP) is 4.98. The normalized spacial score (nSPS) is 18.5. The summed E-state index contributed by atoms with van der Waals surface area (Å²) in [5.74, 6) is 3.25. The molecule has 4 rings (SSSR count). The van der Waals surface area contributed by atoms with Crippen LogP contribution in [0.15, 0.2) is 54.6 Å². The molecule has 1 heterocycles. The van der Waals surface area contributed by atoms with Gasteiger partial charge in [0, 0.05) is 44.2 Å². The van der Waals surface area contributed by atoms with Crippen LogP contribution >= 0.6 is 0 Å². The molecule has 0 unspecified atom stereocenters. The monoisotopic (exact) mass is 445 g/mol. The molecule has 1 saturated carbocycles. The first-order chi connectivity index (χ1) is 16.1. The van der Waals surface area contributed by atoms with Crippen LogP contribution in [0, 0.1) is 5.92 Å². The molecular weight excluding hydrogens is 410 g/mol. The lowest BCUT2D eigenvalue weighted by Gasteiger charge is -2.29. The van der Waals surface area contributed by atoms with Crippen LogP contribution in [0.4, 0.5) is 11.8 Å². The smallest absolute Gasteiger partial charge is 0.225 e. The Bertz CT molecular complexity index is 1070. The predicted molar refractivity (Wildman–Crippen MR) is 138 cm³/mol. The van der Waals surface area contributed by atoms with E-state index in [1.54, 1.807) is 7.11 Å². The molecule has 6 heteroatoms. The summed E-state index contributed by atoms with van der Waals surface area (Å²) in [5, 5.41) is 8.27. The number of nitrogens with one attached hydrogen (secondary N) is 2. The highest BCUT2D eigenvalue weighted by atomic mass is 16.5. The van der Waals surface area contributed by atoms with Gasteiger partial charge in [-0.1, -0.05) is 42.5 Å². The Morgan fingerprint density at radius 1 is 1.00 bits per heavy atom. The SMILES string of the molecule is COc1ccccc1/C=C/CNC1CCC(CNc2nc(N(C)C)c3ccccc3n2)CC1. The largest absolute Gasteiger partial charge is 0.496 e. The molecule has 6 nitrogen and oxygen atoms in total. The van der Waals surface area contributed by atoms with Crippen LogP contribution < -0.4 is 20.3 Å². The number of aromatic nitrogens is 2. The number of fused-ring (bicyclic) bond motifs is 1. The third-order valence-electron chi connectivity index (χ3n) is 6.36. The minimum Gasteiger partial charge on any atom is -0.496 e. The summed E-state index contributed by atoms with van der Waals surface area (Å²) >= 11 is 0. The Morgan fingerprint density at radius 3 is 2.55 bits per heavy atom. The van der Waals surface area contributed by atoms with Crippen LogP contribution in [0.25, 0.3) is 17.0 Å². The van der Waals surface area contributed by atoms with E-state index >= 15 is 0 Å². The molecule has 1 fully saturated rings. The number of methoxy groups -OCH3 is 1. The summed E-state index contributed by atoms with van der Waals surface area (Å²) in [6, 6.07) is 16.9. The summed E-state index contributed by atoms with van der Waals surface area (Å²) in [6.45, 7) is 1.80. The van der Waals surface area contributed by atoms with E-state index in [4.69, 9.17) is 14.7 Å². The van der Waals surface area contributed by atoms with Gasteiger partial charge in [-0.25, -0.2) is 4.98 Å². The maximum absolute atomic E-state index is 5.41. The highest BCUT2D eigenvalue weighted by Gasteiger charge is 2.21. The Hall–Kier alpha value is -3.12. The van der Waals surface area contributed by atoms with E-state index in [2.05, 4.69) is 34.9 Å². The zero-order chi connectivity index (χ0) is 23.0. The maximum atomic E-state index is 5.41. The molecular formula is C27H35N5O. The molecule has 0 amide bonds. The second-order valence-corrected chi connectivity index (χ2v) is 8.93. The van der Waals surface area contributed by atoms with Crippen LogP contribution in [0.3, 0.4) is 0 Å². The van der Waals surface area contributed by atoms with Gasteiger partial charge < -0.3 is 20.3 Å². The molecule has 174 valence electrons. The molecule has 0 aliphatic heterocycles. The second kappa shape index (κ2) is 11.1. The van der Waals surface area contributed by atoms with Gasteiger partial charge in [0.2, 0.25) is 5.95 Å². The van der Waals surface area contributed by atoms with Crippen molar-refractivity contribution >= 4 is 28.7 Å². The van der Waals surface area contributed by atoms with E-state index in [0.717, 1.165) is 47.1 Å². The summed E-state index contributed by atoms with van der Waals surface area (Å²) in [7, 11) is 5.77. The van der Waals surface area contributed by atoms with Crippen molar-refractivity contribution in [1.29, 1.82) is 0 Å². The first-order valence-electron chi connectivity index (χ1n) is 11.8. The van der Waals surface area contributed by atoms with Crippen molar-refractivity contribution in [3.63, 3.8) is 0 Å². The van der Waals surface area contributed by atoms with Crippen molar-refractivity contribution < 1.29 is 4.74 Å². The van der Waals surface area contributed by atoms with Crippen molar-refractivity contribution in [1.82, 2.24) is 15.3 Å². The van der Waals surface area contributed by atoms with Gasteiger partial charge in [0.05, 0.1) is 12.6 Å². The van der Waals surface area contributed by atoms with Crippen molar-refractivity contribution in [2.24, 2.45) is 5.92 Å². The highest BCUT2D eigenvalue weighted by Crippen LogP contribution is 2.27. The summed E-state index contributed by atoms with van der Waals surface area (Å²) in [6.07, 6.45) is 9.16. The zero-order valence-corrected chi connectivity index (χ0v) is 19.9. The van der Waals surface area contributed by atoms with E-state index in [9.17, 15) is 0 Å². The molecule has 33 heavy (non-hydrogen) atoms. The summed E-state index contributed by atoms with van der Waals surface area (Å²) in [4.78, 5) is 11.5. The molecule has 2 N–H and O–H groups in total. The molecule has 2 aromatic carbocycles. The lowest BCUT2D eigenvalue weighted by molar-refractivity contribution is 0.307. The first kappa shape index (κ1) is 23.1. The molecule has 3 aromatic rings. The van der Waals surface area contributed by atoms with Crippen molar-refractivity contribution in [2.75, 3.05) is 44.5 Å². The van der Waals surface area contributed by atoms with Crippen LogP contribution in [-0.4, -0.2) is 50.3 Å². The fraction of sp³-hybridized carbons (Fsp3) is 0.407. The number of hydrogen-bond acceptors (Lipinski definition) is 6. The van der Waals surface area contributed by atoms with Crippen molar-refractivity contribution in [2.45, 2.75) is 31.7 Å². The molecule has 1 aromatic heterocycles. The van der Waals surface area contributed by atoms with Crippen LogP contribution in [-0.2, 0) is 0 Å². The summed E-state index contributed by atoms with van der Waals surface area (Å²) < 4.78 is 5.41. The van der Waals surface area contributed by atoms with Gasteiger partial charge in [-0.2, -0.15) is 4.98 Å². The standard InChI is InChI=1S/C27H35N5O/c1-32(2)26-23-11-5-6-12-24(23)30-27(31-26)29-19-20-14-16-22(17-15-20)28-18-8-10-21-9-4-7-13-25(21)33-3/h4-13,20,22,28H,14-19H2,1-3H3,(H,29,30,31)/b10-8+. The Balaban J connectivity index is 1.23. The molecule has 0 bridgehead atoms. The van der Waals surface area contributed by atoms with E-state index in [1.165, 1.54) is 25.7 Å². The third-order valence-corrected chi connectivity index (χ3v) is 6.36. The fourth-order valence-electron chi connectivity index (χ4n) is 4.51. The van der Waals surface area contributed by atoms with E-state index in [1.807, 2.05) is 55.4 Å². The fourth-order valence-corrected chi connectivity index (χ4v) is 4.51. The average molecular weight is 446 g/mol. The Morgan fingerprint density at radius 2 is 1.76 bits per heavy atom. The van der Waals surface area contributed by atoms with Crippen LogP contribution in [0.2, 0.25) is 0 Å². The van der Waals surface area contributed by atoms with E-state index < -0.39 is 0 Å². The van der Waals surface area contributed by atoms with Crippen LogP contribution in [0.1, 0.15) is 31.2 Å². The number of anilines is 2. The van der Waals surface area contributed by atoms with Gasteiger partial charge in [0.25, 0.3) is 0 Å². The van der Waals surface area contributed by atoms with Crippen LogP contribution in [0.5, 0.6) is 5.75 Å². The number of para-hydroxylation sites is 2. The summed E-state index contributed by atoms with van der Waals surface area (Å²) in [5.41, 5.74) is 2.10. The van der Waals surface area contributed by atoms with E-state index in [-0.39, 0.29) is 0 Å². The van der Waals surface area contributed by atoms with Gasteiger partial charge in [-0.3, -0.25) is 0 Å². The van der Waals surface area contributed by atoms with E-state index in [0.29, 0.717) is 12.0 Å². The second-order valence-electron chi connectivity index (χ2n) is 8.93. The quantitative estimate of drug-likeness (QED) is 0.484. The topological polar surface area (TPSA) is 62.3 Å². The number of benzene rings is 2. The highest BCUT2D eigenvalue weighted by molar-refractivity contribution is 5.90. The number of rotatable bonds is 9. The Kier molecular flexibility index (Phi) is 7.79. The molecule has 0 atom stereocenters. The van der Waals surface area contributed by atoms with Gasteiger partial charge in [0.1, 0.15) is 11.6 Å². The van der Waals surface area contributed by atoms with Gasteiger partial charge >= 0.3 is 0 Å². The minimum atomic E-state index is 0.584. The zero-order valence-electron chi connectivity index (χ0n) is 19.9. The maximum Gasteiger partial charge on any atom is 0.225 e. The van der Waals surface area contributed by atoms with Gasteiger partial charge in [0.15, 0.2) is 0 Å². The molecule has 0 spiro atoms. The number of ether oxygens (including phenoxy) is 1. The molecule has 1 aliphatic carbocycles. The molecule has 0 radical (unpaired) electrons. The van der Waals surface area contributed by atoms with Gasteiger partial charge in [-0.05, 0) is 49.8 Å².